The molecule has 0 bridgehead atoms. The normalized spacial score (nSPS) is 14.9. The number of methoxy groups -OCH3 is 1. The van der Waals surface area contributed by atoms with Gasteiger partial charge in [0.25, 0.3) is 0 Å². The van der Waals surface area contributed by atoms with Crippen LogP contribution >= 0.6 is 0 Å². The molecular weight excluding hydrogens is 346 g/mol. The third kappa shape index (κ3) is 2.39. The van der Waals surface area contributed by atoms with Crippen molar-refractivity contribution >= 4 is 0 Å². The fourth-order valence-corrected chi connectivity index (χ4v) is 3.52. The molecule has 0 fully saturated rings. The van der Waals surface area contributed by atoms with Gasteiger partial charge in [0.1, 0.15) is 0 Å². The Kier molecular flexibility index (Phi) is 5.46. The Morgan fingerprint density at radius 3 is 2.33 bits per heavy atom. The maximum atomic E-state index is 5.30. The molecule has 0 saturated heterocycles. The third-order valence-electron chi connectivity index (χ3n) is 3.13. The summed E-state index contributed by atoms with van der Waals surface area (Å²) in [4.78, 5) is 0. The summed E-state index contributed by atoms with van der Waals surface area (Å²) >= 11 is 1.54. The average molecular weight is 357 g/mol. The SMILES string of the molecule is COc1ccc2c(c1)[CH]([Zr+2])c1ccccc1-2.[Cl-].[Cl-]. The molecule has 1 atom stereocenters. The molecule has 0 spiro atoms. The van der Waals surface area contributed by atoms with Crippen LogP contribution in [0.5, 0.6) is 5.75 Å². The second-order valence-electron chi connectivity index (χ2n) is 3.97. The van der Waals surface area contributed by atoms with E-state index in [4.69, 9.17) is 4.74 Å². The monoisotopic (exact) mass is 355 g/mol. The van der Waals surface area contributed by atoms with E-state index in [0.29, 0.717) is 3.63 Å². The number of ether oxygens (including phenoxy) is 1. The maximum absolute atomic E-state index is 5.30. The molecule has 4 heteroatoms. The minimum absolute atomic E-state index is 0. The summed E-state index contributed by atoms with van der Waals surface area (Å²) in [5, 5.41) is 0. The van der Waals surface area contributed by atoms with E-state index in [1.54, 1.807) is 7.11 Å². The molecule has 0 saturated carbocycles. The van der Waals surface area contributed by atoms with E-state index in [-0.39, 0.29) is 24.8 Å². The van der Waals surface area contributed by atoms with Crippen LogP contribution in [0.4, 0.5) is 0 Å². The van der Waals surface area contributed by atoms with Gasteiger partial charge in [-0.15, -0.1) is 0 Å². The van der Waals surface area contributed by atoms with Crippen molar-refractivity contribution in [3.05, 3.63) is 53.6 Å². The standard InChI is InChI=1S/C14H11O.2ClH.Zr/c1-15-12-6-7-14-11(9-12)8-10-4-2-3-5-13(10)14;;;/h2-9H,1H3;2*1H;/q;;;+2/p-2. The quantitative estimate of drug-likeness (QED) is 0.541. The predicted octanol–water partition coefficient (Wildman–Crippen LogP) is -2.68. The van der Waals surface area contributed by atoms with E-state index in [1.807, 2.05) is 6.07 Å². The first kappa shape index (κ1) is 15.8. The number of hydrogen-bond donors (Lipinski definition) is 0. The molecule has 1 aliphatic rings. The van der Waals surface area contributed by atoms with Crippen LogP contribution in [0.15, 0.2) is 42.5 Å². The van der Waals surface area contributed by atoms with Crippen molar-refractivity contribution in [2.75, 3.05) is 7.11 Å². The van der Waals surface area contributed by atoms with Crippen molar-refractivity contribution in [1.82, 2.24) is 0 Å². The molecule has 18 heavy (non-hydrogen) atoms. The second kappa shape index (κ2) is 6.23. The summed E-state index contributed by atoms with van der Waals surface area (Å²) in [6, 6.07) is 15.1. The van der Waals surface area contributed by atoms with Crippen LogP contribution in [0, 0.1) is 0 Å². The number of rotatable bonds is 1. The van der Waals surface area contributed by atoms with Crippen molar-refractivity contribution in [2.24, 2.45) is 0 Å². The molecule has 0 heterocycles. The molecule has 0 aromatic heterocycles. The molecule has 91 valence electrons. The zero-order valence-electron chi connectivity index (χ0n) is 9.78. The Labute approximate surface area is 135 Å². The molecule has 0 radical (unpaired) electrons. The summed E-state index contributed by atoms with van der Waals surface area (Å²) in [6.45, 7) is 0. The van der Waals surface area contributed by atoms with Crippen molar-refractivity contribution in [1.29, 1.82) is 0 Å². The van der Waals surface area contributed by atoms with E-state index < -0.39 is 0 Å². The fraction of sp³-hybridized carbons (Fsp3) is 0.143. The Morgan fingerprint density at radius 1 is 0.944 bits per heavy atom. The molecule has 1 nitrogen and oxygen atoms in total. The van der Waals surface area contributed by atoms with Crippen LogP contribution in [-0.4, -0.2) is 7.11 Å². The summed E-state index contributed by atoms with van der Waals surface area (Å²) < 4.78 is 5.86. The van der Waals surface area contributed by atoms with Gasteiger partial charge in [0.05, 0.1) is 0 Å². The summed E-state index contributed by atoms with van der Waals surface area (Å²) in [5.74, 6) is 0.957. The zero-order valence-corrected chi connectivity index (χ0v) is 13.8. The van der Waals surface area contributed by atoms with Gasteiger partial charge in [-0.1, -0.05) is 0 Å². The summed E-state index contributed by atoms with van der Waals surface area (Å²) in [7, 11) is 1.72. The first-order valence-electron chi connectivity index (χ1n) is 5.29. The van der Waals surface area contributed by atoms with Gasteiger partial charge < -0.3 is 24.8 Å². The first-order valence-corrected chi connectivity index (χ1v) is 6.71. The Bertz CT molecular complexity index is 557. The van der Waals surface area contributed by atoms with Crippen LogP contribution < -0.4 is 29.6 Å². The average Bonchev–Trinajstić information content (AvgIpc) is 2.64. The Morgan fingerprint density at radius 2 is 1.61 bits per heavy atom. The van der Waals surface area contributed by atoms with Gasteiger partial charge >= 0.3 is 111 Å². The van der Waals surface area contributed by atoms with Crippen LogP contribution in [-0.2, 0) is 24.7 Å². The fourth-order valence-electron chi connectivity index (χ4n) is 2.31. The molecule has 0 aliphatic heterocycles. The number of halogens is 2. The molecule has 2 aromatic carbocycles. The van der Waals surface area contributed by atoms with Crippen LogP contribution in [0.25, 0.3) is 11.1 Å². The Balaban J connectivity index is 0.000000810. The van der Waals surface area contributed by atoms with Gasteiger partial charge in [-0.3, -0.25) is 0 Å². The Hall–Kier alpha value is -0.297. The predicted molar refractivity (Wildman–Crippen MR) is 60.3 cm³/mol. The summed E-state index contributed by atoms with van der Waals surface area (Å²) in [5.41, 5.74) is 5.64. The molecule has 2 aromatic rings. The van der Waals surface area contributed by atoms with E-state index in [2.05, 4.69) is 36.4 Å². The minimum atomic E-state index is 0. The largest absolute Gasteiger partial charge is 1.00 e. The number of fused-ring (bicyclic) bond motifs is 3. The van der Waals surface area contributed by atoms with Gasteiger partial charge in [0.2, 0.25) is 0 Å². The molecule has 0 N–H and O–H groups in total. The molecule has 0 amide bonds. The van der Waals surface area contributed by atoms with Crippen molar-refractivity contribution < 1.29 is 54.3 Å². The van der Waals surface area contributed by atoms with E-state index >= 15 is 0 Å². The van der Waals surface area contributed by atoms with E-state index in [1.165, 1.54) is 47.0 Å². The van der Waals surface area contributed by atoms with Crippen LogP contribution in [0.3, 0.4) is 0 Å². The molecule has 3 rings (SSSR count). The van der Waals surface area contributed by atoms with Crippen LogP contribution in [0.1, 0.15) is 14.8 Å². The third-order valence-corrected chi connectivity index (χ3v) is 4.66. The van der Waals surface area contributed by atoms with Gasteiger partial charge in [0.15, 0.2) is 0 Å². The molecule has 1 unspecified atom stereocenters. The molecular formula is C14H11Cl2OZr. The van der Waals surface area contributed by atoms with Crippen molar-refractivity contribution in [3.63, 3.8) is 0 Å². The molecule has 1 aliphatic carbocycles. The summed E-state index contributed by atoms with van der Waals surface area (Å²) in [6.07, 6.45) is 0. The first-order chi connectivity index (χ1) is 7.81. The smallest absolute Gasteiger partial charge is 1.00 e. The van der Waals surface area contributed by atoms with Crippen molar-refractivity contribution in [3.8, 4) is 16.9 Å². The zero-order chi connectivity index (χ0) is 11.1. The maximum Gasteiger partial charge on any atom is -1.00 e. The van der Waals surface area contributed by atoms with Gasteiger partial charge in [-0.05, 0) is 0 Å². The number of hydrogen-bond acceptors (Lipinski definition) is 1. The second-order valence-corrected chi connectivity index (χ2v) is 5.39. The van der Waals surface area contributed by atoms with Crippen molar-refractivity contribution in [2.45, 2.75) is 3.63 Å². The van der Waals surface area contributed by atoms with E-state index in [0.717, 1.165) is 5.75 Å². The van der Waals surface area contributed by atoms with Gasteiger partial charge in [-0.2, -0.15) is 0 Å². The van der Waals surface area contributed by atoms with Gasteiger partial charge in [-0.25, -0.2) is 0 Å². The van der Waals surface area contributed by atoms with E-state index in [9.17, 15) is 0 Å². The number of benzene rings is 2. The van der Waals surface area contributed by atoms with Crippen LogP contribution in [0.2, 0.25) is 0 Å². The van der Waals surface area contributed by atoms with Gasteiger partial charge in [0, 0.05) is 0 Å². The minimum Gasteiger partial charge on any atom is -1.00 e. The topological polar surface area (TPSA) is 9.23 Å².